The molecular weight excluding hydrogens is 538 g/mol. The maximum atomic E-state index is 12.9. The van der Waals surface area contributed by atoms with Gasteiger partial charge in [-0.1, -0.05) is 5.16 Å². The third kappa shape index (κ3) is 5.44. The van der Waals surface area contributed by atoms with E-state index in [9.17, 15) is 28.3 Å². The summed E-state index contributed by atoms with van der Waals surface area (Å²) in [7, 11) is 1.88. The minimum atomic E-state index is -3.28. The second-order valence-corrected chi connectivity index (χ2v) is 10.5. The Bertz CT molecular complexity index is 1250. The fourth-order valence-electron chi connectivity index (χ4n) is 3.51. The van der Waals surface area contributed by atoms with Gasteiger partial charge in [-0.3, -0.25) is 14.5 Å². The Balaban J connectivity index is 1.49. The number of hydrogen-bond donors (Lipinski definition) is 3. The summed E-state index contributed by atoms with van der Waals surface area (Å²) < 4.78 is 26.9. The van der Waals surface area contributed by atoms with Crippen LogP contribution in [-0.2, 0) is 26.3 Å². The lowest BCUT2D eigenvalue weighted by molar-refractivity contribution is -0.671. The van der Waals surface area contributed by atoms with Crippen LogP contribution in [0.3, 0.4) is 0 Å². The molecule has 2 aliphatic heterocycles. The Labute approximate surface area is 215 Å². The van der Waals surface area contributed by atoms with E-state index in [2.05, 4.69) is 20.3 Å². The summed E-state index contributed by atoms with van der Waals surface area (Å²) in [6.45, 7) is -3.28. The van der Waals surface area contributed by atoms with Crippen molar-refractivity contribution in [2.24, 2.45) is 12.2 Å². The molecule has 0 radical (unpaired) electrons. The van der Waals surface area contributed by atoms with E-state index in [0.717, 1.165) is 21.1 Å². The lowest BCUT2D eigenvalue weighted by Gasteiger charge is -2.49. The molecule has 1 fully saturated rings. The number of halogens is 2. The van der Waals surface area contributed by atoms with E-state index in [-0.39, 0.29) is 16.5 Å². The molecule has 0 saturated carbocycles. The summed E-state index contributed by atoms with van der Waals surface area (Å²) in [6.07, 6.45) is 3.74. The van der Waals surface area contributed by atoms with Crippen LogP contribution in [0.5, 0.6) is 0 Å². The second kappa shape index (κ2) is 10.8. The van der Waals surface area contributed by atoms with Gasteiger partial charge in [0, 0.05) is 38.8 Å². The van der Waals surface area contributed by atoms with Gasteiger partial charge < -0.3 is 21.0 Å². The second-order valence-electron chi connectivity index (χ2n) is 7.48. The summed E-state index contributed by atoms with van der Waals surface area (Å²) in [5, 5.41) is 16.8. The minimum absolute atomic E-state index is 0.0724. The molecule has 0 bridgehead atoms. The molecule has 0 spiro atoms. The van der Waals surface area contributed by atoms with Crippen LogP contribution >= 0.6 is 34.9 Å². The first-order chi connectivity index (χ1) is 17.2. The van der Waals surface area contributed by atoms with Gasteiger partial charge in [-0.05, 0) is 0 Å². The van der Waals surface area contributed by atoms with Crippen LogP contribution in [0, 0.1) is 0 Å². The normalized spacial score (nSPS) is 19.7. The van der Waals surface area contributed by atoms with Gasteiger partial charge >= 0.3 is 12.6 Å². The number of thioether (sulfide) groups is 2. The molecule has 2 aromatic rings. The van der Waals surface area contributed by atoms with Gasteiger partial charge in [0.15, 0.2) is 23.2 Å². The molecule has 4 rings (SSSR count). The van der Waals surface area contributed by atoms with E-state index in [1.807, 2.05) is 36.1 Å². The number of aromatic nitrogens is 2. The number of rotatable bonds is 9. The molecule has 36 heavy (non-hydrogen) atoms. The number of carboxylic acid groups (broad SMARTS) is 1. The number of nitrogens with two attached hydrogens (primary N) is 1. The molecular formula is C20H19F2N6O5S3+. The number of pyridine rings is 1. The van der Waals surface area contributed by atoms with E-state index >= 15 is 0 Å². The Morgan fingerprint density at radius 3 is 2.78 bits per heavy atom. The Morgan fingerprint density at radius 2 is 2.17 bits per heavy atom. The van der Waals surface area contributed by atoms with Gasteiger partial charge in [0.25, 0.3) is 11.8 Å². The van der Waals surface area contributed by atoms with Crippen LogP contribution in [-0.4, -0.2) is 68.7 Å². The van der Waals surface area contributed by atoms with Gasteiger partial charge in [-0.2, -0.15) is 8.78 Å². The minimum Gasteiger partial charge on any atom is -0.477 e. The largest absolute Gasteiger partial charge is 0.477 e. The fourth-order valence-corrected chi connectivity index (χ4v) is 6.35. The predicted molar refractivity (Wildman–Crippen MR) is 128 cm³/mol. The molecule has 1 saturated heterocycles. The molecule has 16 heteroatoms. The molecule has 11 nitrogen and oxygen atoms in total. The quantitative estimate of drug-likeness (QED) is 0.135. The van der Waals surface area contributed by atoms with Crippen molar-refractivity contribution < 1.29 is 37.7 Å². The summed E-state index contributed by atoms with van der Waals surface area (Å²) >= 11 is 3.68. The standard InChI is InChI=1S/C20H18F2N6O5S3/c1-27-4-2-9(3-5-27)34-8-12-15(18(31)32)28-11(7-35-12)14(17(28)30)25-16(29)13(26-33-19(21)22)10-6-36-20(23)24-10/h2-6,11,14,19H,7-8H2,1H3,(H3-,23,24,25,29,31,32)/p+1. The van der Waals surface area contributed by atoms with Crippen molar-refractivity contribution in [1.29, 1.82) is 0 Å². The zero-order valence-corrected chi connectivity index (χ0v) is 20.9. The average molecular weight is 558 g/mol. The summed E-state index contributed by atoms with van der Waals surface area (Å²) in [4.78, 5) is 48.1. The SMILES string of the molecule is C[n+]1ccc(SCC2=C(C(=O)O)N3C(=O)C(NC(=O)C(=NOC(F)F)c4csc(N)n4)C3CS2)cc1. The number of nitrogens with one attached hydrogen (secondary N) is 1. The van der Waals surface area contributed by atoms with Crippen molar-refractivity contribution in [3.05, 3.63) is 46.2 Å². The summed E-state index contributed by atoms with van der Waals surface area (Å²) in [6, 6.07) is 2.08. The molecule has 2 aromatic heterocycles. The van der Waals surface area contributed by atoms with Crippen LogP contribution in [0.1, 0.15) is 5.69 Å². The fraction of sp³-hybridized carbons (Fsp3) is 0.300. The van der Waals surface area contributed by atoms with Crippen LogP contribution in [0.25, 0.3) is 0 Å². The van der Waals surface area contributed by atoms with Crippen molar-refractivity contribution in [3.63, 3.8) is 0 Å². The lowest BCUT2D eigenvalue weighted by atomic mass is 9.94. The van der Waals surface area contributed by atoms with E-state index in [4.69, 9.17) is 5.73 Å². The molecule has 2 unspecified atom stereocenters. The van der Waals surface area contributed by atoms with Gasteiger partial charge in [0.1, 0.15) is 24.5 Å². The van der Waals surface area contributed by atoms with E-state index in [1.54, 1.807) is 0 Å². The first-order valence-electron chi connectivity index (χ1n) is 10.2. The average Bonchev–Trinajstić information content (AvgIpc) is 3.27. The number of thiazole rings is 1. The smallest absolute Gasteiger partial charge is 0.407 e. The lowest BCUT2D eigenvalue weighted by Crippen LogP contribution is -2.73. The number of amides is 2. The molecule has 0 aromatic carbocycles. The van der Waals surface area contributed by atoms with E-state index < -0.39 is 42.2 Å². The third-order valence-corrected chi connectivity index (χ3v) is 8.25. The number of carbonyl (C=O) groups excluding carboxylic acids is 2. The first kappa shape index (κ1) is 25.8. The van der Waals surface area contributed by atoms with Crippen molar-refractivity contribution >= 4 is 63.5 Å². The highest BCUT2D eigenvalue weighted by Crippen LogP contribution is 2.41. The number of hydrogen-bond acceptors (Lipinski definition) is 10. The predicted octanol–water partition coefficient (Wildman–Crippen LogP) is 1.02. The Morgan fingerprint density at radius 1 is 1.44 bits per heavy atom. The zero-order valence-electron chi connectivity index (χ0n) is 18.5. The number of anilines is 1. The topological polar surface area (TPSA) is 151 Å². The number of carboxylic acids is 1. The van der Waals surface area contributed by atoms with Crippen LogP contribution in [0.2, 0.25) is 0 Å². The highest BCUT2D eigenvalue weighted by atomic mass is 32.2. The van der Waals surface area contributed by atoms with E-state index in [0.29, 0.717) is 16.4 Å². The molecule has 190 valence electrons. The number of carbonyl (C=O) groups is 3. The Hall–Kier alpha value is -3.24. The van der Waals surface area contributed by atoms with E-state index in [1.165, 1.54) is 28.9 Å². The number of fused-ring (bicyclic) bond motifs is 1. The van der Waals surface area contributed by atoms with Gasteiger partial charge in [-0.15, -0.1) is 34.9 Å². The molecule has 2 atom stereocenters. The number of alkyl halides is 2. The molecule has 4 N–H and O–H groups in total. The van der Waals surface area contributed by atoms with Crippen molar-refractivity contribution in [2.45, 2.75) is 23.6 Å². The number of β-lactam (4-membered cyclic amide) rings is 1. The van der Waals surface area contributed by atoms with Crippen LogP contribution < -0.4 is 15.6 Å². The number of aliphatic carboxylic acids is 1. The van der Waals surface area contributed by atoms with Gasteiger partial charge in [-0.25, -0.2) is 14.3 Å². The molecule has 0 aliphatic carbocycles. The molecule has 2 aliphatic rings. The molecule has 2 amide bonds. The maximum Gasteiger partial charge on any atom is 0.407 e. The van der Waals surface area contributed by atoms with Crippen LogP contribution in [0.4, 0.5) is 13.9 Å². The highest BCUT2D eigenvalue weighted by Gasteiger charge is 2.54. The number of oxime groups is 1. The number of nitrogens with zero attached hydrogens (tertiary/aromatic N) is 4. The first-order valence-corrected chi connectivity index (χ1v) is 13.1. The summed E-state index contributed by atoms with van der Waals surface area (Å²) in [5.74, 6) is -2.20. The maximum absolute atomic E-state index is 12.9. The van der Waals surface area contributed by atoms with Crippen molar-refractivity contribution in [3.8, 4) is 0 Å². The summed E-state index contributed by atoms with van der Waals surface area (Å²) in [5.41, 5.74) is 4.73. The van der Waals surface area contributed by atoms with Crippen molar-refractivity contribution in [1.82, 2.24) is 15.2 Å². The zero-order chi connectivity index (χ0) is 26.0. The monoisotopic (exact) mass is 557 g/mol. The molecule has 4 heterocycles. The van der Waals surface area contributed by atoms with Crippen molar-refractivity contribution in [2.75, 3.05) is 17.2 Å². The third-order valence-electron chi connectivity index (χ3n) is 5.16. The Kier molecular flexibility index (Phi) is 7.75. The van der Waals surface area contributed by atoms with Gasteiger partial charge in [0.2, 0.25) is 0 Å². The van der Waals surface area contributed by atoms with Gasteiger partial charge in [0.05, 0.1) is 6.04 Å². The van der Waals surface area contributed by atoms with Crippen LogP contribution in [0.15, 0.2) is 50.6 Å². The highest BCUT2D eigenvalue weighted by molar-refractivity contribution is 8.06. The number of aryl methyl sites for hydroxylation is 1. The number of nitrogen functional groups attached to an aromatic ring is 1.